The van der Waals surface area contributed by atoms with Crippen LogP contribution in [0.1, 0.15) is 75.6 Å². The lowest BCUT2D eigenvalue weighted by molar-refractivity contribution is -0.135. The molecule has 1 aliphatic rings. The van der Waals surface area contributed by atoms with Gasteiger partial charge in [-0.2, -0.15) is 0 Å². The first-order chi connectivity index (χ1) is 20.5. The molecule has 9 nitrogen and oxygen atoms in total. The van der Waals surface area contributed by atoms with Gasteiger partial charge in [0, 0.05) is 32.8 Å². The number of nitrogens with two attached hydrogens (primary N) is 1. The average molecular weight is 589 g/mol. The van der Waals surface area contributed by atoms with Crippen LogP contribution in [0.25, 0.3) is 0 Å². The molecule has 2 aromatic carbocycles. The monoisotopic (exact) mass is 588 g/mol. The van der Waals surface area contributed by atoms with Gasteiger partial charge < -0.3 is 25.8 Å². The maximum atomic E-state index is 13.7. The minimum absolute atomic E-state index is 0.0490. The molecule has 3 amide bonds. The van der Waals surface area contributed by atoms with Crippen molar-refractivity contribution in [3.63, 3.8) is 0 Å². The molecule has 232 valence electrons. The van der Waals surface area contributed by atoms with Crippen molar-refractivity contribution in [2.75, 3.05) is 25.5 Å². The van der Waals surface area contributed by atoms with Crippen molar-refractivity contribution in [2.45, 2.75) is 77.8 Å². The Hall–Kier alpha value is -3.98. The van der Waals surface area contributed by atoms with E-state index >= 15 is 0 Å². The number of piperidine rings is 1. The molecule has 43 heavy (non-hydrogen) atoms. The molecule has 0 spiro atoms. The van der Waals surface area contributed by atoms with E-state index < -0.39 is 11.6 Å². The van der Waals surface area contributed by atoms with Gasteiger partial charge in [0.05, 0.1) is 11.9 Å². The number of nitrogens with zero attached hydrogens (tertiary/aromatic N) is 3. The molecular formula is C34H48N6O3. The van der Waals surface area contributed by atoms with Gasteiger partial charge in [-0.15, -0.1) is 0 Å². The number of imidazole rings is 1. The minimum Gasteiger partial charge on any atom is -0.358 e. The summed E-state index contributed by atoms with van der Waals surface area (Å²) in [7, 11) is 1.57. The smallest absolute Gasteiger partial charge is 0.250 e. The van der Waals surface area contributed by atoms with Crippen LogP contribution in [-0.2, 0) is 20.8 Å². The van der Waals surface area contributed by atoms with Gasteiger partial charge in [-0.25, -0.2) is 4.98 Å². The molecule has 3 aromatic rings. The van der Waals surface area contributed by atoms with E-state index in [9.17, 15) is 14.4 Å². The first-order valence-corrected chi connectivity index (χ1v) is 15.2. The normalized spacial score (nSPS) is 14.3. The molecule has 2 heterocycles. The topological polar surface area (TPSA) is 122 Å². The molecule has 1 fully saturated rings. The van der Waals surface area contributed by atoms with E-state index in [0.29, 0.717) is 18.2 Å². The van der Waals surface area contributed by atoms with Crippen LogP contribution in [0.3, 0.4) is 0 Å². The van der Waals surface area contributed by atoms with E-state index in [1.54, 1.807) is 33.4 Å². The fourth-order valence-electron chi connectivity index (χ4n) is 5.05. The minimum atomic E-state index is -0.741. The third-order valence-corrected chi connectivity index (χ3v) is 7.75. The summed E-state index contributed by atoms with van der Waals surface area (Å²) < 4.78 is 1.84. The zero-order valence-corrected chi connectivity index (χ0v) is 26.3. The van der Waals surface area contributed by atoms with E-state index in [1.165, 1.54) is 5.56 Å². The van der Waals surface area contributed by atoms with Gasteiger partial charge in [-0.05, 0) is 75.5 Å². The van der Waals surface area contributed by atoms with E-state index in [1.807, 2.05) is 58.9 Å². The number of hydrogen-bond acceptors (Lipinski definition) is 5. The molecule has 1 atom stereocenters. The maximum absolute atomic E-state index is 13.7. The molecule has 0 aliphatic carbocycles. The second-order valence-electron chi connectivity index (χ2n) is 12.0. The fraction of sp³-hybridized carbons (Fsp3) is 0.471. The van der Waals surface area contributed by atoms with Gasteiger partial charge in [-0.3, -0.25) is 14.4 Å². The number of likely N-dealkylation sites (tertiary alicyclic amines) is 1. The zero-order valence-electron chi connectivity index (χ0n) is 26.3. The summed E-state index contributed by atoms with van der Waals surface area (Å²) in [6.07, 6.45) is 8.70. The largest absolute Gasteiger partial charge is 0.358 e. The highest BCUT2D eigenvalue weighted by atomic mass is 16.2. The quantitative estimate of drug-likeness (QED) is 0.292. The highest BCUT2D eigenvalue weighted by Crippen LogP contribution is 2.27. The Morgan fingerprint density at radius 3 is 2.28 bits per heavy atom. The highest BCUT2D eigenvalue weighted by Gasteiger charge is 2.30. The number of carbonyl (C=O) groups excluding carboxylic acids is 3. The predicted octanol–water partition coefficient (Wildman–Crippen LogP) is 4.86. The van der Waals surface area contributed by atoms with Gasteiger partial charge in [-0.1, -0.05) is 61.5 Å². The molecule has 1 saturated heterocycles. The number of rotatable bonds is 10. The van der Waals surface area contributed by atoms with Crippen LogP contribution in [0, 0.1) is 12.8 Å². The standard InChI is InChI=1S/C29H36N4O2.C5H12N2O/c1-22-16-18-32(19-17-22)29(35)28(25-14-8-6-10-23(25)2)33-20-26(30-21-33)31-27(34)15-9-7-13-24-11-4-3-5-12-24;1-5(2,6)4(8)7-3/h3-6,8,10-12,14,20-22,28H,7,9,13,15-19H2,1-2H3,(H,31,34);6H2,1-3H3,(H,7,8). The van der Waals surface area contributed by atoms with Crippen molar-refractivity contribution in [1.82, 2.24) is 19.8 Å². The van der Waals surface area contributed by atoms with Gasteiger partial charge in [0.1, 0.15) is 6.04 Å². The third-order valence-electron chi connectivity index (χ3n) is 7.75. The van der Waals surface area contributed by atoms with Crippen molar-refractivity contribution in [3.8, 4) is 0 Å². The number of anilines is 1. The number of benzene rings is 2. The molecule has 9 heteroatoms. The number of nitrogens with one attached hydrogen (secondary N) is 2. The molecule has 1 unspecified atom stereocenters. The van der Waals surface area contributed by atoms with Crippen molar-refractivity contribution in [3.05, 3.63) is 83.8 Å². The van der Waals surface area contributed by atoms with E-state index in [-0.39, 0.29) is 17.7 Å². The molecule has 0 bridgehead atoms. The van der Waals surface area contributed by atoms with Crippen LogP contribution in [0.15, 0.2) is 67.1 Å². The molecule has 4 rings (SSSR count). The molecular weight excluding hydrogens is 540 g/mol. The summed E-state index contributed by atoms with van der Waals surface area (Å²) in [5.41, 5.74) is 7.96. The molecule has 0 saturated carbocycles. The van der Waals surface area contributed by atoms with Crippen LogP contribution in [0.4, 0.5) is 5.82 Å². The van der Waals surface area contributed by atoms with Crippen molar-refractivity contribution in [2.24, 2.45) is 11.7 Å². The SMILES string of the molecule is CNC(=O)C(C)(C)N.Cc1ccccc1C(C(=O)N1CCC(C)CC1)n1cnc(NC(=O)CCCCc2ccccc2)c1. The number of aromatic nitrogens is 2. The van der Waals surface area contributed by atoms with Gasteiger partial charge in [0.2, 0.25) is 17.7 Å². The summed E-state index contributed by atoms with van der Waals surface area (Å²) in [5.74, 6) is 1.03. The lowest BCUT2D eigenvalue weighted by Gasteiger charge is -2.33. The number of amides is 3. The lowest BCUT2D eigenvalue weighted by atomic mass is 9.96. The third kappa shape index (κ3) is 10.4. The second-order valence-corrected chi connectivity index (χ2v) is 12.0. The Morgan fingerprint density at radius 2 is 1.67 bits per heavy atom. The van der Waals surface area contributed by atoms with Crippen LogP contribution >= 0.6 is 0 Å². The molecule has 1 aliphatic heterocycles. The zero-order chi connectivity index (χ0) is 31.4. The van der Waals surface area contributed by atoms with Gasteiger partial charge in [0.25, 0.3) is 0 Å². The van der Waals surface area contributed by atoms with Crippen LogP contribution in [0.2, 0.25) is 0 Å². The fourth-order valence-corrected chi connectivity index (χ4v) is 5.05. The second kappa shape index (κ2) is 16.0. The van der Waals surface area contributed by atoms with E-state index in [0.717, 1.165) is 56.3 Å². The summed E-state index contributed by atoms with van der Waals surface area (Å²) in [4.78, 5) is 43.2. The van der Waals surface area contributed by atoms with Crippen LogP contribution in [0.5, 0.6) is 0 Å². The molecule has 1 aromatic heterocycles. The molecule has 4 N–H and O–H groups in total. The first-order valence-electron chi connectivity index (χ1n) is 15.2. The van der Waals surface area contributed by atoms with Crippen LogP contribution in [-0.4, -0.2) is 57.8 Å². The summed E-state index contributed by atoms with van der Waals surface area (Å²) in [5, 5.41) is 5.35. The van der Waals surface area contributed by atoms with Crippen molar-refractivity contribution < 1.29 is 14.4 Å². The van der Waals surface area contributed by atoms with Gasteiger partial charge in [0.15, 0.2) is 5.82 Å². The number of aryl methyl sites for hydroxylation is 2. The van der Waals surface area contributed by atoms with E-state index in [4.69, 9.17) is 5.73 Å². The molecule has 0 radical (unpaired) electrons. The lowest BCUT2D eigenvalue weighted by Crippen LogP contribution is -2.47. The average Bonchev–Trinajstić information content (AvgIpc) is 3.44. The number of likely N-dealkylation sites (N-methyl/N-ethyl adjacent to an activating group) is 1. The number of unbranched alkanes of at least 4 members (excludes halogenated alkanes) is 1. The summed E-state index contributed by atoms with van der Waals surface area (Å²) in [6, 6.07) is 17.8. The highest BCUT2D eigenvalue weighted by molar-refractivity contribution is 5.90. The summed E-state index contributed by atoms with van der Waals surface area (Å²) >= 11 is 0. The Labute approximate surface area is 256 Å². The Bertz CT molecular complexity index is 1320. The number of carbonyl (C=O) groups is 3. The Morgan fingerprint density at radius 1 is 1.02 bits per heavy atom. The van der Waals surface area contributed by atoms with Crippen LogP contribution < -0.4 is 16.4 Å². The maximum Gasteiger partial charge on any atom is 0.250 e. The van der Waals surface area contributed by atoms with Crippen molar-refractivity contribution >= 4 is 23.5 Å². The van der Waals surface area contributed by atoms with E-state index in [2.05, 4.69) is 34.7 Å². The van der Waals surface area contributed by atoms with Crippen molar-refractivity contribution in [1.29, 1.82) is 0 Å². The number of hydrogen-bond donors (Lipinski definition) is 3. The van der Waals surface area contributed by atoms with Gasteiger partial charge >= 0.3 is 0 Å². The first kappa shape index (κ1) is 33.5. The Balaban J connectivity index is 0.000000557. The summed E-state index contributed by atoms with van der Waals surface area (Å²) in [6.45, 7) is 9.15. The Kier molecular flexibility index (Phi) is 12.5. The predicted molar refractivity (Wildman–Crippen MR) is 171 cm³/mol.